The van der Waals surface area contributed by atoms with Gasteiger partial charge in [0, 0.05) is 17.0 Å². The van der Waals surface area contributed by atoms with Crippen LogP contribution in [0.25, 0.3) is 0 Å². The van der Waals surface area contributed by atoms with Crippen LogP contribution in [0.3, 0.4) is 0 Å². The number of benzene rings is 3. The van der Waals surface area contributed by atoms with Crippen molar-refractivity contribution in [1.82, 2.24) is 0 Å². The van der Waals surface area contributed by atoms with Crippen LogP contribution in [-0.4, -0.2) is 37.0 Å². The van der Waals surface area contributed by atoms with Gasteiger partial charge in [-0.15, -0.1) is 0 Å². The van der Waals surface area contributed by atoms with E-state index in [9.17, 15) is 17.2 Å². The highest BCUT2D eigenvalue weighted by atomic mass is 32.2. The zero-order valence-corrected chi connectivity index (χ0v) is 25.6. The lowest BCUT2D eigenvalue weighted by Crippen LogP contribution is -2.52. The summed E-state index contributed by atoms with van der Waals surface area (Å²) in [5, 5.41) is -4.45. The lowest BCUT2D eigenvalue weighted by Gasteiger charge is -2.49. The normalized spacial score (nSPS) is 22.7. The van der Waals surface area contributed by atoms with Crippen molar-refractivity contribution in [3.05, 3.63) is 84.4 Å². The molecule has 0 spiro atoms. The van der Waals surface area contributed by atoms with E-state index in [1.54, 1.807) is 12.1 Å². The molecule has 0 saturated carbocycles. The van der Waals surface area contributed by atoms with Crippen LogP contribution in [0.15, 0.2) is 93.5 Å². The predicted octanol–water partition coefficient (Wildman–Crippen LogP) is 7.30. The van der Waals surface area contributed by atoms with E-state index >= 15 is 0 Å². The van der Waals surface area contributed by atoms with Crippen molar-refractivity contribution in [2.75, 3.05) is 6.61 Å². The zero-order chi connectivity index (χ0) is 30.2. The summed E-state index contributed by atoms with van der Waals surface area (Å²) in [7, 11) is -6.21. The van der Waals surface area contributed by atoms with Crippen LogP contribution < -0.4 is 4.74 Å². The second-order valence-corrected chi connectivity index (χ2v) is 14.9. The number of hydrogen-bond acceptors (Lipinski definition) is 5. The van der Waals surface area contributed by atoms with Gasteiger partial charge in [-0.3, -0.25) is 4.55 Å². The van der Waals surface area contributed by atoms with Gasteiger partial charge in [0.25, 0.3) is 0 Å². The molecule has 3 aromatic carbocycles. The molecule has 4 rings (SSSR count). The molecular weight excluding hydrogens is 570 g/mol. The quantitative estimate of drug-likeness (QED) is 0.203. The fraction of sp³-hybridized carbons (Fsp3) is 0.419. The standard InChI is InChI=1S/C31H36F2O6S2/c1-21(2)28-29(4,5)20-37-30(6,39-28)23-11-10-14-27(19-23)40(25-12-8-7-9-13-25)26-17-15-24(16-18-26)38-22(3)31(32,33)41(34,35)36/h7-19,21-22,28H,20H2,1-6H3/p+1. The summed E-state index contributed by atoms with van der Waals surface area (Å²) in [5.41, 5.74) is 0.762. The van der Waals surface area contributed by atoms with Crippen molar-refractivity contribution < 1.29 is 36.0 Å². The van der Waals surface area contributed by atoms with Gasteiger partial charge in [0.1, 0.15) is 5.75 Å². The van der Waals surface area contributed by atoms with Gasteiger partial charge in [-0.05, 0) is 62.2 Å². The Balaban J connectivity index is 1.68. The fourth-order valence-corrected chi connectivity index (χ4v) is 7.62. The predicted molar refractivity (Wildman–Crippen MR) is 155 cm³/mol. The molecule has 0 aliphatic carbocycles. The van der Waals surface area contributed by atoms with Crippen molar-refractivity contribution in [3.63, 3.8) is 0 Å². The first-order chi connectivity index (χ1) is 19.0. The Hall–Kier alpha value is -2.50. The minimum Gasteiger partial charge on any atom is -0.483 e. The third-order valence-corrected chi connectivity index (χ3v) is 10.4. The molecule has 0 aromatic heterocycles. The maximum atomic E-state index is 14.0. The monoisotopic (exact) mass is 607 g/mol. The van der Waals surface area contributed by atoms with E-state index in [0.29, 0.717) is 12.5 Å². The maximum Gasteiger partial charge on any atom is 0.405 e. The second kappa shape index (κ2) is 11.6. The van der Waals surface area contributed by atoms with Crippen molar-refractivity contribution in [3.8, 4) is 5.75 Å². The summed E-state index contributed by atoms with van der Waals surface area (Å²) < 4.78 is 77.3. The molecule has 1 fully saturated rings. The van der Waals surface area contributed by atoms with Gasteiger partial charge in [-0.25, -0.2) is 0 Å². The third kappa shape index (κ3) is 6.62. The Kier molecular flexibility index (Phi) is 8.93. The first-order valence-electron chi connectivity index (χ1n) is 13.4. The van der Waals surface area contributed by atoms with Gasteiger partial charge >= 0.3 is 15.4 Å². The van der Waals surface area contributed by atoms with Gasteiger partial charge in [-0.2, -0.15) is 17.2 Å². The number of halogens is 2. The highest BCUT2D eigenvalue weighted by Crippen LogP contribution is 2.44. The molecule has 4 unspecified atom stereocenters. The van der Waals surface area contributed by atoms with Crippen LogP contribution in [0.1, 0.15) is 47.1 Å². The molecule has 3 aromatic rings. The molecule has 1 N–H and O–H groups in total. The highest BCUT2D eigenvalue weighted by molar-refractivity contribution is 7.97. The van der Waals surface area contributed by atoms with Crippen LogP contribution in [0.2, 0.25) is 0 Å². The van der Waals surface area contributed by atoms with Crippen LogP contribution >= 0.6 is 0 Å². The van der Waals surface area contributed by atoms with Crippen LogP contribution in [0, 0.1) is 11.3 Å². The molecule has 222 valence electrons. The average molecular weight is 608 g/mol. The van der Waals surface area contributed by atoms with Crippen LogP contribution in [0.4, 0.5) is 8.78 Å². The summed E-state index contributed by atoms with van der Waals surface area (Å²) in [6, 6.07) is 24.6. The van der Waals surface area contributed by atoms with Crippen LogP contribution in [-0.2, 0) is 36.3 Å². The molecule has 10 heteroatoms. The molecule has 1 heterocycles. The van der Waals surface area contributed by atoms with Gasteiger partial charge in [0.05, 0.1) is 23.6 Å². The average Bonchev–Trinajstić information content (AvgIpc) is 2.91. The van der Waals surface area contributed by atoms with Crippen molar-refractivity contribution in [2.45, 2.75) is 79.5 Å². The Morgan fingerprint density at radius 2 is 1.51 bits per heavy atom. The molecular formula is C31H37F2O6S2+. The first kappa shape index (κ1) is 31.4. The lowest BCUT2D eigenvalue weighted by atomic mass is 9.80. The van der Waals surface area contributed by atoms with E-state index in [4.69, 9.17) is 18.8 Å². The summed E-state index contributed by atoms with van der Waals surface area (Å²) in [4.78, 5) is 2.95. The Labute approximate surface area is 244 Å². The molecule has 0 amide bonds. The maximum absolute atomic E-state index is 14.0. The van der Waals surface area contributed by atoms with E-state index in [1.807, 2.05) is 55.5 Å². The zero-order valence-electron chi connectivity index (χ0n) is 24.0. The van der Waals surface area contributed by atoms with Gasteiger partial charge < -0.3 is 14.2 Å². The van der Waals surface area contributed by atoms with Gasteiger partial charge in [0.15, 0.2) is 26.6 Å². The number of hydrogen-bond donors (Lipinski definition) is 1. The SMILES string of the molecule is CC(C)C1OC(C)(c2cccc([S+](c3ccccc3)c3ccc(OC(C)C(F)(F)S(=O)(=O)O)cc3)c2)OCC1(C)C. The van der Waals surface area contributed by atoms with Crippen LogP contribution in [0.5, 0.6) is 5.75 Å². The molecule has 0 bridgehead atoms. The molecule has 1 aliphatic heterocycles. The fourth-order valence-electron chi connectivity index (χ4n) is 5.04. The number of ether oxygens (including phenoxy) is 3. The topological polar surface area (TPSA) is 82.1 Å². The highest BCUT2D eigenvalue weighted by Gasteiger charge is 2.51. The Morgan fingerprint density at radius 3 is 2.10 bits per heavy atom. The molecule has 4 atom stereocenters. The smallest absolute Gasteiger partial charge is 0.405 e. The molecule has 41 heavy (non-hydrogen) atoms. The van der Waals surface area contributed by atoms with Crippen molar-refractivity contribution in [2.24, 2.45) is 11.3 Å². The van der Waals surface area contributed by atoms with E-state index in [1.165, 1.54) is 12.1 Å². The largest absolute Gasteiger partial charge is 0.483 e. The lowest BCUT2D eigenvalue weighted by molar-refractivity contribution is -0.337. The molecule has 6 nitrogen and oxygen atoms in total. The number of rotatable bonds is 9. The van der Waals surface area contributed by atoms with E-state index < -0.39 is 38.2 Å². The summed E-state index contributed by atoms with van der Waals surface area (Å²) >= 11 is 0. The molecule has 0 radical (unpaired) electrons. The number of alkyl halides is 2. The first-order valence-corrected chi connectivity index (χ1v) is 16.0. The Bertz CT molecular complexity index is 1440. The minimum atomic E-state index is -5.63. The summed E-state index contributed by atoms with van der Waals surface area (Å²) in [5.74, 6) is -0.580. The van der Waals surface area contributed by atoms with E-state index in [0.717, 1.165) is 27.2 Å². The third-order valence-electron chi connectivity index (χ3n) is 7.21. The minimum absolute atomic E-state index is 0.000379. The van der Waals surface area contributed by atoms with E-state index in [2.05, 4.69) is 33.8 Å². The summed E-state index contributed by atoms with van der Waals surface area (Å²) in [6.07, 6.45) is -2.09. The van der Waals surface area contributed by atoms with Crippen molar-refractivity contribution >= 4 is 21.0 Å². The van der Waals surface area contributed by atoms with Gasteiger partial charge in [0.2, 0.25) is 0 Å². The second-order valence-electron chi connectivity index (χ2n) is 11.4. The van der Waals surface area contributed by atoms with Gasteiger partial charge in [-0.1, -0.05) is 58.0 Å². The van der Waals surface area contributed by atoms with Crippen molar-refractivity contribution in [1.29, 1.82) is 0 Å². The molecule has 1 saturated heterocycles. The Morgan fingerprint density at radius 1 is 0.927 bits per heavy atom. The summed E-state index contributed by atoms with van der Waals surface area (Å²) in [6.45, 7) is 12.0. The van der Waals surface area contributed by atoms with E-state index in [-0.39, 0.29) is 17.3 Å². The molecule has 1 aliphatic rings.